The van der Waals surface area contributed by atoms with Gasteiger partial charge in [-0.1, -0.05) is 46.8 Å². The molecule has 0 saturated heterocycles. The van der Waals surface area contributed by atoms with Gasteiger partial charge in [0.2, 0.25) is 18.2 Å². The summed E-state index contributed by atoms with van der Waals surface area (Å²) in [5.74, 6) is -0.679. The zero-order valence-corrected chi connectivity index (χ0v) is 17.7. The Bertz CT molecular complexity index is 420. The van der Waals surface area contributed by atoms with Crippen molar-refractivity contribution in [3.8, 4) is 0 Å². The quantitative estimate of drug-likeness (QED) is 0.461. The second-order valence-corrected chi connectivity index (χ2v) is 6.04. The van der Waals surface area contributed by atoms with E-state index in [-0.39, 0.29) is 24.2 Å². The van der Waals surface area contributed by atoms with Crippen molar-refractivity contribution < 1.29 is 14.4 Å². The lowest BCUT2D eigenvalue weighted by atomic mass is 9.84. The maximum atomic E-state index is 12.1. The highest BCUT2D eigenvalue weighted by molar-refractivity contribution is 5.88. The lowest BCUT2D eigenvalue weighted by molar-refractivity contribution is -0.131. The highest BCUT2D eigenvalue weighted by Gasteiger charge is 2.39. The van der Waals surface area contributed by atoms with Crippen LogP contribution in [0.5, 0.6) is 0 Å². The molecule has 6 nitrogen and oxygen atoms in total. The smallest absolute Gasteiger partial charge is 0.245 e. The lowest BCUT2D eigenvalue weighted by Crippen LogP contribution is -2.60. The third-order valence-electron chi connectivity index (χ3n) is 3.26. The minimum absolute atomic E-state index is 0.122. The Kier molecular flexibility index (Phi) is 16.2. The van der Waals surface area contributed by atoms with Gasteiger partial charge in [-0.25, -0.2) is 0 Å². The summed E-state index contributed by atoms with van der Waals surface area (Å²) in [6.07, 6.45) is 4.38. The zero-order valence-electron chi connectivity index (χ0n) is 17.7. The van der Waals surface area contributed by atoms with E-state index in [1.54, 1.807) is 19.9 Å². The summed E-state index contributed by atoms with van der Waals surface area (Å²) in [7, 11) is 1.51. The molecule has 0 aliphatic carbocycles. The van der Waals surface area contributed by atoms with Crippen LogP contribution in [-0.4, -0.2) is 36.3 Å². The number of rotatable bonds is 8. The number of allylic oxidation sites excluding steroid dienone is 1. The van der Waals surface area contributed by atoms with Crippen molar-refractivity contribution in [1.82, 2.24) is 16.0 Å². The highest BCUT2D eigenvalue weighted by atomic mass is 16.2. The Labute approximate surface area is 154 Å². The first-order valence-corrected chi connectivity index (χ1v) is 9.00. The number of likely N-dealkylation sites (N-methyl/N-ethyl adjacent to an activating group) is 1. The van der Waals surface area contributed by atoms with E-state index in [4.69, 9.17) is 0 Å². The Hall–Kier alpha value is -1.85. The molecule has 0 aromatic carbocycles. The largest absolute Gasteiger partial charge is 0.357 e. The third kappa shape index (κ3) is 11.3. The van der Waals surface area contributed by atoms with Crippen molar-refractivity contribution >= 4 is 18.2 Å². The lowest BCUT2D eigenvalue weighted by Gasteiger charge is -2.36. The van der Waals surface area contributed by atoms with Crippen molar-refractivity contribution in [2.45, 2.75) is 79.8 Å². The maximum Gasteiger partial charge on any atom is 0.245 e. The maximum absolute atomic E-state index is 12.1. The fraction of sp³-hybridized carbons (Fsp3) is 0.737. The number of carbonyl (C=O) groups excluding carboxylic acids is 3. The molecule has 0 fully saturated rings. The average molecular weight is 358 g/mol. The van der Waals surface area contributed by atoms with Crippen LogP contribution >= 0.6 is 0 Å². The molecule has 6 heteroatoms. The third-order valence-corrected chi connectivity index (χ3v) is 3.26. The number of carbonyl (C=O) groups is 3. The molecular weight excluding hydrogens is 318 g/mol. The molecular formula is C19H39N3O3. The summed E-state index contributed by atoms with van der Waals surface area (Å²) >= 11 is 0. The van der Waals surface area contributed by atoms with Gasteiger partial charge in [0.15, 0.2) is 0 Å². The molecule has 0 bridgehead atoms. The van der Waals surface area contributed by atoms with E-state index in [1.165, 1.54) is 7.05 Å². The van der Waals surface area contributed by atoms with Crippen molar-refractivity contribution in [3.05, 3.63) is 12.2 Å². The molecule has 148 valence electrons. The monoisotopic (exact) mass is 357 g/mol. The summed E-state index contributed by atoms with van der Waals surface area (Å²) in [6, 6.07) is 0. The van der Waals surface area contributed by atoms with Crippen molar-refractivity contribution in [2.75, 3.05) is 7.05 Å². The molecule has 0 aliphatic rings. The van der Waals surface area contributed by atoms with E-state index < -0.39 is 11.1 Å². The van der Waals surface area contributed by atoms with Gasteiger partial charge in [-0.2, -0.15) is 0 Å². The molecule has 3 amide bonds. The van der Waals surface area contributed by atoms with Crippen LogP contribution in [0.15, 0.2) is 12.2 Å². The Balaban J connectivity index is -0.00000112. The van der Waals surface area contributed by atoms with Crippen molar-refractivity contribution in [3.63, 3.8) is 0 Å². The van der Waals surface area contributed by atoms with E-state index >= 15 is 0 Å². The summed E-state index contributed by atoms with van der Waals surface area (Å²) in [4.78, 5) is 34.8. The molecule has 0 saturated carbocycles. The van der Waals surface area contributed by atoms with E-state index in [0.717, 1.165) is 0 Å². The van der Waals surface area contributed by atoms with Gasteiger partial charge in [-0.15, -0.1) is 0 Å². The fourth-order valence-corrected chi connectivity index (χ4v) is 2.35. The molecule has 25 heavy (non-hydrogen) atoms. The Morgan fingerprint density at radius 1 is 1.08 bits per heavy atom. The first-order valence-electron chi connectivity index (χ1n) is 9.00. The van der Waals surface area contributed by atoms with E-state index in [1.807, 2.05) is 54.5 Å². The molecule has 3 N–H and O–H groups in total. The first-order chi connectivity index (χ1) is 11.6. The van der Waals surface area contributed by atoms with Crippen LogP contribution in [0.4, 0.5) is 0 Å². The predicted octanol–water partition coefficient (Wildman–Crippen LogP) is 2.79. The SMILES string of the molecule is CC.CC.CC=CC(C)C(=O)NC(C)(C)CC(C)(NC=O)C(=O)NC. The second-order valence-electron chi connectivity index (χ2n) is 6.04. The summed E-state index contributed by atoms with van der Waals surface area (Å²) in [6.45, 7) is 16.9. The summed E-state index contributed by atoms with van der Waals surface area (Å²) in [5, 5.41) is 7.97. The summed E-state index contributed by atoms with van der Waals surface area (Å²) < 4.78 is 0. The molecule has 0 aromatic heterocycles. The minimum atomic E-state index is -1.09. The van der Waals surface area contributed by atoms with Crippen LogP contribution in [0.25, 0.3) is 0 Å². The number of hydrogen-bond donors (Lipinski definition) is 3. The van der Waals surface area contributed by atoms with Crippen LogP contribution in [0.3, 0.4) is 0 Å². The van der Waals surface area contributed by atoms with E-state index in [2.05, 4.69) is 16.0 Å². The zero-order chi connectivity index (χ0) is 20.7. The standard InChI is InChI=1S/C15H27N3O3.2C2H6/c1-7-8-11(2)12(20)18-14(3,4)9-15(5,17-10-19)13(21)16-6;2*1-2/h7-8,10-11H,9H2,1-6H3,(H,16,21)(H,17,19)(H,18,20);2*1-2H3. The minimum Gasteiger partial charge on any atom is -0.357 e. The van der Waals surface area contributed by atoms with Crippen LogP contribution in [0.1, 0.15) is 68.7 Å². The highest BCUT2D eigenvalue weighted by Crippen LogP contribution is 2.21. The molecule has 0 spiro atoms. The van der Waals surface area contributed by atoms with Crippen LogP contribution in [0, 0.1) is 5.92 Å². The topological polar surface area (TPSA) is 87.3 Å². The molecule has 0 heterocycles. The van der Waals surface area contributed by atoms with Gasteiger partial charge in [-0.3, -0.25) is 14.4 Å². The number of amides is 3. The van der Waals surface area contributed by atoms with E-state index in [0.29, 0.717) is 6.41 Å². The predicted molar refractivity (Wildman–Crippen MR) is 105 cm³/mol. The van der Waals surface area contributed by atoms with Crippen molar-refractivity contribution in [2.24, 2.45) is 5.92 Å². The second kappa shape index (κ2) is 14.5. The molecule has 0 aliphatic heterocycles. The van der Waals surface area contributed by atoms with Gasteiger partial charge in [0.1, 0.15) is 5.54 Å². The fourth-order valence-electron chi connectivity index (χ4n) is 2.35. The Morgan fingerprint density at radius 3 is 1.92 bits per heavy atom. The average Bonchev–Trinajstić information content (AvgIpc) is 2.57. The number of nitrogens with one attached hydrogen (secondary N) is 3. The summed E-state index contributed by atoms with van der Waals surface area (Å²) in [5.41, 5.74) is -1.73. The van der Waals surface area contributed by atoms with E-state index in [9.17, 15) is 14.4 Å². The van der Waals surface area contributed by atoms with Gasteiger partial charge in [-0.05, 0) is 27.7 Å². The normalized spacial score (nSPS) is 13.8. The van der Waals surface area contributed by atoms with Crippen LogP contribution < -0.4 is 16.0 Å². The Morgan fingerprint density at radius 2 is 1.56 bits per heavy atom. The molecule has 2 unspecified atom stereocenters. The van der Waals surface area contributed by atoms with Crippen LogP contribution in [-0.2, 0) is 14.4 Å². The van der Waals surface area contributed by atoms with Gasteiger partial charge in [0.05, 0.1) is 5.92 Å². The molecule has 2 atom stereocenters. The molecule has 0 radical (unpaired) electrons. The molecule has 0 aromatic rings. The van der Waals surface area contributed by atoms with Crippen molar-refractivity contribution in [1.29, 1.82) is 0 Å². The van der Waals surface area contributed by atoms with Gasteiger partial charge in [0.25, 0.3) is 0 Å². The van der Waals surface area contributed by atoms with Gasteiger partial charge >= 0.3 is 0 Å². The molecule has 0 rings (SSSR count). The van der Waals surface area contributed by atoms with Gasteiger partial charge in [0, 0.05) is 19.0 Å². The van der Waals surface area contributed by atoms with Crippen LogP contribution in [0.2, 0.25) is 0 Å². The first kappa shape index (κ1) is 28.0. The number of hydrogen-bond acceptors (Lipinski definition) is 3. The van der Waals surface area contributed by atoms with Gasteiger partial charge < -0.3 is 16.0 Å².